The van der Waals surface area contributed by atoms with E-state index >= 15 is 0 Å². The second kappa shape index (κ2) is 2.60. The van der Waals surface area contributed by atoms with Crippen LogP contribution in [0.1, 0.15) is 6.92 Å². The monoisotopic (exact) mass is 173 g/mol. The molecule has 1 aliphatic rings. The summed E-state index contributed by atoms with van der Waals surface area (Å²) in [4.78, 5) is 0. The van der Waals surface area contributed by atoms with Crippen molar-refractivity contribution in [2.24, 2.45) is 5.73 Å². The lowest BCUT2D eigenvalue weighted by Gasteiger charge is -2.22. The van der Waals surface area contributed by atoms with Gasteiger partial charge in [0.15, 0.2) is 0 Å². The first kappa shape index (κ1) is 10.1. The summed E-state index contributed by atoms with van der Waals surface area (Å²) in [6.07, 6.45) is 0. The molecule has 1 aliphatic heterocycles. The molecule has 0 saturated carbocycles. The molecule has 2 N–H and O–H groups in total. The van der Waals surface area contributed by atoms with Crippen molar-refractivity contribution in [3.63, 3.8) is 0 Å². The normalized spacial score (nSPS) is 37.2. The molecule has 0 aliphatic carbocycles. The first-order chi connectivity index (χ1) is 3.96. The number of halogens is 3. The minimum Gasteiger partial charge on any atom is -0.373 e. The van der Waals surface area contributed by atoms with Crippen LogP contribution in [0.25, 0.3) is 0 Å². The predicted molar refractivity (Wildman–Crippen MR) is 35.6 cm³/mol. The lowest BCUT2D eigenvalue weighted by molar-refractivity contribution is -0.0428. The van der Waals surface area contributed by atoms with Gasteiger partial charge < -0.3 is 10.5 Å². The molecule has 1 rings (SSSR count). The topological polar surface area (TPSA) is 35.2 Å². The Morgan fingerprint density at radius 2 is 1.90 bits per heavy atom. The summed E-state index contributed by atoms with van der Waals surface area (Å²) in [5, 5.41) is 0. The molecule has 1 unspecified atom stereocenters. The van der Waals surface area contributed by atoms with Gasteiger partial charge in [-0.15, -0.1) is 12.4 Å². The van der Waals surface area contributed by atoms with E-state index in [2.05, 4.69) is 4.74 Å². The zero-order chi connectivity index (χ0) is 7.12. The van der Waals surface area contributed by atoms with Gasteiger partial charge in [-0.25, -0.2) is 8.78 Å². The second-order valence-corrected chi connectivity index (χ2v) is 2.61. The lowest BCUT2D eigenvalue weighted by Crippen LogP contribution is -2.52. The largest absolute Gasteiger partial charge is 0.373 e. The van der Waals surface area contributed by atoms with E-state index in [4.69, 9.17) is 5.73 Å². The van der Waals surface area contributed by atoms with Gasteiger partial charge in [-0.3, -0.25) is 0 Å². The van der Waals surface area contributed by atoms with Crippen molar-refractivity contribution in [3.8, 4) is 0 Å². The molecule has 5 heteroatoms. The summed E-state index contributed by atoms with van der Waals surface area (Å²) in [5.74, 6) is -2.85. The van der Waals surface area contributed by atoms with E-state index in [1.54, 1.807) is 0 Å². The average molecular weight is 174 g/mol. The van der Waals surface area contributed by atoms with Crippen molar-refractivity contribution in [2.45, 2.75) is 18.4 Å². The highest BCUT2D eigenvalue weighted by atomic mass is 35.5. The molecule has 0 radical (unpaired) electrons. The fourth-order valence-corrected chi connectivity index (χ4v) is 0.662. The Hall–Kier alpha value is 0.0700. The quantitative estimate of drug-likeness (QED) is 0.588. The van der Waals surface area contributed by atoms with Crippen molar-refractivity contribution in [3.05, 3.63) is 0 Å². The Kier molecular flexibility index (Phi) is 2.62. The highest BCUT2D eigenvalue weighted by Crippen LogP contribution is 2.32. The molecule has 2 nitrogen and oxygen atoms in total. The van der Waals surface area contributed by atoms with Gasteiger partial charge >= 0.3 is 0 Å². The molecule has 0 bridgehead atoms. The molecule has 1 atom stereocenters. The maximum Gasteiger partial charge on any atom is 0.290 e. The van der Waals surface area contributed by atoms with Crippen LogP contribution in [0, 0.1) is 0 Å². The molecule has 62 valence electrons. The van der Waals surface area contributed by atoms with Crippen LogP contribution in [0.15, 0.2) is 0 Å². The molecule has 0 aromatic rings. The van der Waals surface area contributed by atoms with Crippen LogP contribution in [-0.2, 0) is 4.74 Å². The van der Waals surface area contributed by atoms with Gasteiger partial charge in [-0.2, -0.15) is 0 Å². The summed E-state index contributed by atoms with van der Waals surface area (Å²) < 4.78 is 29.4. The van der Waals surface area contributed by atoms with Crippen LogP contribution in [0.4, 0.5) is 8.78 Å². The lowest BCUT2D eigenvalue weighted by atomic mass is 10.00. The van der Waals surface area contributed by atoms with Crippen molar-refractivity contribution in [2.75, 3.05) is 13.2 Å². The molecular weight excluding hydrogens is 164 g/mol. The minimum absolute atomic E-state index is 0. The maximum atomic E-state index is 12.5. The molecular formula is C5H10ClF2NO. The highest BCUT2D eigenvalue weighted by molar-refractivity contribution is 5.85. The standard InChI is InChI=1S/C5H9F2NO.ClH/c1-4(8)2-9-3-5(4,6)7;/h2-3,8H2,1H3;1H. The third kappa shape index (κ3) is 1.38. The summed E-state index contributed by atoms with van der Waals surface area (Å²) >= 11 is 0. The fraction of sp³-hybridized carbons (Fsp3) is 1.00. The number of hydrogen-bond donors (Lipinski definition) is 1. The van der Waals surface area contributed by atoms with Crippen LogP contribution in [0.5, 0.6) is 0 Å². The number of rotatable bonds is 0. The van der Waals surface area contributed by atoms with Crippen molar-refractivity contribution < 1.29 is 13.5 Å². The molecule has 1 saturated heterocycles. The number of alkyl halides is 2. The molecule has 0 spiro atoms. The smallest absolute Gasteiger partial charge is 0.290 e. The van der Waals surface area contributed by atoms with E-state index in [-0.39, 0.29) is 19.0 Å². The highest BCUT2D eigenvalue weighted by Gasteiger charge is 2.52. The second-order valence-electron chi connectivity index (χ2n) is 2.61. The first-order valence-corrected chi connectivity index (χ1v) is 2.70. The van der Waals surface area contributed by atoms with Crippen molar-refractivity contribution in [1.29, 1.82) is 0 Å². The Bertz CT molecular complexity index is 115. The summed E-state index contributed by atoms with van der Waals surface area (Å²) in [5.41, 5.74) is 3.72. The van der Waals surface area contributed by atoms with Crippen LogP contribution in [0.2, 0.25) is 0 Å². The van der Waals surface area contributed by atoms with Gasteiger partial charge in [0.25, 0.3) is 5.92 Å². The molecule has 1 heterocycles. The zero-order valence-corrected chi connectivity index (χ0v) is 6.38. The van der Waals surface area contributed by atoms with Crippen LogP contribution in [0.3, 0.4) is 0 Å². The van der Waals surface area contributed by atoms with Crippen molar-refractivity contribution >= 4 is 12.4 Å². The van der Waals surface area contributed by atoms with Crippen LogP contribution >= 0.6 is 12.4 Å². The van der Waals surface area contributed by atoms with E-state index in [9.17, 15) is 8.78 Å². The fourth-order valence-electron chi connectivity index (χ4n) is 0.662. The molecule has 0 aromatic heterocycles. The Labute approximate surface area is 64.1 Å². The van der Waals surface area contributed by atoms with Gasteiger partial charge in [0.2, 0.25) is 0 Å². The molecule has 0 aromatic carbocycles. The predicted octanol–water partition coefficient (Wildman–Crippen LogP) is 0.791. The molecule has 10 heavy (non-hydrogen) atoms. The van der Waals surface area contributed by atoms with E-state index in [0.29, 0.717) is 0 Å². The summed E-state index contributed by atoms with van der Waals surface area (Å²) in [7, 11) is 0. The number of hydrogen-bond acceptors (Lipinski definition) is 2. The number of ether oxygens (including phenoxy) is 1. The van der Waals surface area contributed by atoms with E-state index in [1.807, 2.05) is 0 Å². The number of nitrogens with two attached hydrogens (primary N) is 1. The van der Waals surface area contributed by atoms with Crippen molar-refractivity contribution in [1.82, 2.24) is 0 Å². The summed E-state index contributed by atoms with van der Waals surface area (Å²) in [6.45, 7) is 0.694. The van der Waals surface area contributed by atoms with Gasteiger partial charge in [-0.05, 0) is 6.92 Å². The first-order valence-electron chi connectivity index (χ1n) is 2.70. The SMILES string of the molecule is CC1(N)COCC1(F)F.Cl. The van der Waals surface area contributed by atoms with E-state index in [0.717, 1.165) is 0 Å². The average Bonchev–Trinajstić information content (AvgIpc) is 1.81. The van der Waals surface area contributed by atoms with Crippen LogP contribution < -0.4 is 5.73 Å². The van der Waals surface area contributed by atoms with Gasteiger partial charge in [-0.1, -0.05) is 0 Å². The minimum atomic E-state index is -2.85. The Morgan fingerprint density at radius 1 is 1.40 bits per heavy atom. The van der Waals surface area contributed by atoms with Gasteiger partial charge in [0.1, 0.15) is 12.1 Å². The Balaban J connectivity index is 0.000000810. The van der Waals surface area contributed by atoms with E-state index in [1.165, 1.54) is 6.92 Å². The zero-order valence-electron chi connectivity index (χ0n) is 5.56. The molecule has 0 amide bonds. The third-order valence-corrected chi connectivity index (χ3v) is 1.52. The van der Waals surface area contributed by atoms with Gasteiger partial charge in [0, 0.05) is 0 Å². The summed E-state index contributed by atoms with van der Waals surface area (Å²) in [6, 6.07) is 0. The maximum absolute atomic E-state index is 12.5. The Morgan fingerprint density at radius 3 is 2.00 bits per heavy atom. The van der Waals surface area contributed by atoms with Crippen LogP contribution in [-0.4, -0.2) is 24.7 Å². The third-order valence-electron chi connectivity index (χ3n) is 1.52. The van der Waals surface area contributed by atoms with Gasteiger partial charge in [0.05, 0.1) is 6.61 Å². The molecule has 1 fully saturated rings. The van der Waals surface area contributed by atoms with E-state index < -0.39 is 18.1 Å².